The minimum Gasteiger partial charge on any atom is -0.507 e. The number of aldehydes is 1. The average Bonchev–Trinajstić information content (AvgIpc) is 2.02. The number of hydrogen-bond donors (Lipinski definition) is 2. The van der Waals surface area contributed by atoms with Crippen LogP contribution in [0.2, 0.25) is 0 Å². The largest absolute Gasteiger partial charge is 0.507 e. The summed E-state index contributed by atoms with van der Waals surface area (Å²) >= 11 is 0. The number of hydrogen-bond acceptors (Lipinski definition) is 4. The highest BCUT2D eigenvalue weighted by molar-refractivity contribution is 7.86. The first kappa shape index (κ1) is 9.69. The van der Waals surface area contributed by atoms with Crippen molar-refractivity contribution in [3.63, 3.8) is 0 Å². The second-order valence-electron chi connectivity index (χ2n) is 2.28. The van der Waals surface area contributed by atoms with Crippen molar-refractivity contribution >= 4 is 16.4 Å². The van der Waals surface area contributed by atoms with Gasteiger partial charge < -0.3 is 5.11 Å². The minimum atomic E-state index is -4.46. The molecule has 0 saturated carbocycles. The second kappa shape index (κ2) is 3.15. The van der Waals surface area contributed by atoms with Gasteiger partial charge in [0.05, 0.1) is 5.56 Å². The third kappa shape index (κ3) is 1.85. The number of benzene rings is 1. The van der Waals surface area contributed by atoms with Crippen molar-refractivity contribution in [1.82, 2.24) is 0 Å². The fourth-order valence-corrected chi connectivity index (χ4v) is 1.56. The lowest BCUT2D eigenvalue weighted by molar-refractivity contribution is 0.111. The molecule has 0 bridgehead atoms. The van der Waals surface area contributed by atoms with E-state index in [1.54, 1.807) is 0 Å². The standard InChI is InChI=1S/C7H6O5S/c8-4-5-6(9)2-1-3-7(5)13(10,11)12/h1-4,9H,(H,10,11,12). The monoisotopic (exact) mass is 202 g/mol. The van der Waals surface area contributed by atoms with Crippen LogP contribution in [0.1, 0.15) is 10.4 Å². The van der Waals surface area contributed by atoms with Crippen LogP contribution in [0.5, 0.6) is 5.75 Å². The fraction of sp³-hybridized carbons (Fsp3) is 0. The third-order valence-corrected chi connectivity index (χ3v) is 2.35. The molecule has 0 heterocycles. The van der Waals surface area contributed by atoms with E-state index >= 15 is 0 Å². The van der Waals surface area contributed by atoms with Gasteiger partial charge in [0.2, 0.25) is 0 Å². The summed E-state index contributed by atoms with van der Waals surface area (Å²) < 4.78 is 29.9. The predicted molar refractivity (Wildman–Crippen MR) is 43.3 cm³/mol. The summed E-state index contributed by atoms with van der Waals surface area (Å²) in [7, 11) is -4.46. The van der Waals surface area contributed by atoms with Crippen LogP contribution in [0, 0.1) is 0 Å². The summed E-state index contributed by atoms with van der Waals surface area (Å²) in [6.07, 6.45) is 0.165. The number of aromatic hydroxyl groups is 1. The number of phenols is 1. The smallest absolute Gasteiger partial charge is 0.295 e. The highest BCUT2D eigenvalue weighted by Crippen LogP contribution is 2.22. The van der Waals surface area contributed by atoms with Crippen molar-refractivity contribution < 1.29 is 22.9 Å². The van der Waals surface area contributed by atoms with E-state index in [0.29, 0.717) is 0 Å². The molecule has 5 nitrogen and oxygen atoms in total. The lowest BCUT2D eigenvalue weighted by Gasteiger charge is -2.01. The number of rotatable bonds is 2. The summed E-state index contributed by atoms with van der Waals surface area (Å²) in [5, 5.41) is 9.05. The Kier molecular flexibility index (Phi) is 2.35. The van der Waals surface area contributed by atoms with Crippen molar-refractivity contribution in [2.24, 2.45) is 0 Å². The normalized spacial score (nSPS) is 11.2. The zero-order valence-electron chi connectivity index (χ0n) is 6.34. The molecule has 0 spiro atoms. The maximum Gasteiger partial charge on any atom is 0.295 e. The molecule has 1 rings (SSSR count). The summed E-state index contributed by atoms with van der Waals surface area (Å²) in [4.78, 5) is 9.76. The van der Waals surface area contributed by atoms with Gasteiger partial charge in [0.25, 0.3) is 10.1 Å². The summed E-state index contributed by atoms with van der Waals surface area (Å²) in [6.45, 7) is 0. The van der Waals surface area contributed by atoms with Crippen LogP contribution in [0.15, 0.2) is 23.1 Å². The molecule has 0 aliphatic carbocycles. The summed E-state index contributed by atoms with van der Waals surface area (Å²) in [5.74, 6) is -0.481. The zero-order chi connectivity index (χ0) is 10.1. The lowest BCUT2D eigenvalue weighted by Crippen LogP contribution is -2.02. The maximum atomic E-state index is 10.7. The van der Waals surface area contributed by atoms with Gasteiger partial charge >= 0.3 is 0 Å². The van der Waals surface area contributed by atoms with Gasteiger partial charge in [-0.2, -0.15) is 8.42 Å². The zero-order valence-corrected chi connectivity index (χ0v) is 7.15. The Hall–Kier alpha value is -1.40. The van der Waals surface area contributed by atoms with Crippen LogP contribution >= 0.6 is 0 Å². The van der Waals surface area contributed by atoms with Crippen molar-refractivity contribution in [2.45, 2.75) is 4.90 Å². The van der Waals surface area contributed by atoms with Gasteiger partial charge in [-0.15, -0.1) is 0 Å². The molecule has 0 saturated heterocycles. The first-order chi connectivity index (χ1) is 5.96. The highest BCUT2D eigenvalue weighted by Gasteiger charge is 2.17. The third-order valence-electron chi connectivity index (χ3n) is 1.44. The van der Waals surface area contributed by atoms with Crippen LogP contribution in [-0.4, -0.2) is 24.4 Å². The Morgan fingerprint density at radius 1 is 1.31 bits per heavy atom. The second-order valence-corrected chi connectivity index (χ2v) is 3.67. The molecular formula is C7H6O5S. The molecule has 0 aliphatic rings. The molecule has 0 aliphatic heterocycles. The van der Waals surface area contributed by atoms with Crippen LogP contribution in [0.3, 0.4) is 0 Å². The van der Waals surface area contributed by atoms with E-state index in [1.807, 2.05) is 0 Å². The maximum absolute atomic E-state index is 10.7. The van der Waals surface area contributed by atoms with E-state index in [1.165, 1.54) is 6.07 Å². The summed E-state index contributed by atoms with van der Waals surface area (Å²) in [5.41, 5.74) is -0.440. The number of carbonyl (C=O) groups is 1. The van der Waals surface area contributed by atoms with Gasteiger partial charge in [0, 0.05) is 0 Å². The average molecular weight is 202 g/mol. The van der Waals surface area contributed by atoms with Gasteiger partial charge in [0.15, 0.2) is 6.29 Å². The van der Waals surface area contributed by atoms with Crippen molar-refractivity contribution in [3.05, 3.63) is 23.8 Å². The molecule has 0 aromatic heterocycles. The van der Waals surface area contributed by atoms with E-state index < -0.39 is 26.3 Å². The van der Waals surface area contributed by atoms with Gasteiger partial charge in [-0.1, -0.05) is 6.07 Å². The molecule has 0 unspecified atom stereocenters. The Balaban J connectivity index is 3.56. The number of carbonyl (C=O) groups excluding carboxylic acids is 1. The van der Waals surface area contributed by atoms with Gasteiger partial charge in [-0.05, 0) is 12.1 Å². The quantitative estimate of drug-likeness (QED) is 0.536. The Bertz CT molecular complexity index is 434. The first-order valence-corrected chi connectivity index (χ1v) is 4.65. The van der Waals surface area contributed by atoms with Crippen LogP contribution in [-0.2, 0) is 10.1 Å². The van der Waals surface area contributed by atoms with Gasteiger partial charge in [-0.3, -0.25) is 9.35 Å². The predicted octanol–water partition coefficient (Wildman–Crippen LogP) is 0.451. The minimum absolute atomic E-state index is 0.165. The van der Waals surface area contributed by atoms with E-state index in [2.05, 4.69) is 0 Å². The molecule has 70 valence electrons. The molecule has 2 N–H and O–H groups in total. The van der Waals surface area contributed by atoms with Crippen molar-refractivity contribution in [3.8, 4) is 5.75 Å². The Morgan fingerprint density at radius 2 is 1.92 bits per heavy atom. The van der Waals surface area contributed by atoms with E-state index in [9.17, 15) is 13.2 Å². The summed E-state index contributed by atoms with van der Waals surface area (Å²) in [6, 6.07) is 3.39. The van der Waals surface area contributed by atoms with E-state index in [4.69, 9.17) is 9.66 Å². The van der Waals surface area contributed by atoms with Crippen LogP contribution < -0.4 is 0 Å². The molecule has 13 heavy (non-hydrogen) atoms. The molecule has 0 atom stereocenters. The van der Waals surface area contributed by atoms with E-state index in [-0.39, 0.29) is 6.29 Å². The first-order valence-electron chi connectivity index (χ1n) is 3.21. The molecule has 0 fully saturated rings. The Labute approximate surface area is 74.4 Å². The van der Waals surface area contributed by atoms with Gasteiger partial charge in [-0.25, -0.2) is 0 Å². The molecule has 0 radical (unpaired) electrons. The van der Waals surface area contributed by atoms with E-state index in [0.717, 1.165) is 12.1 Å². The van der Waals surface area contributed by atoms with Crippen LogP contribution in [0.25, 0.3) is 0 Å². The topological polar surface area (TPSA) is 91.7 Å². The molecule has 1 aromatic rings. The van der Waals surface area contributed by atoms with Crippen molar-refractivity contribution in [1.29, 1.82) is 0 Å². The molecule has 0 amide bonds. The number of phenolic OH excluding ortho intramolecular Hbond substituents is 1. The van der Waals surface area contributed by atoms with Crippen molar-refractivity contribution in [2.75, 3.05) is 0 Å². The fourth-order valence-electron chi connectivity index (χ4n) is 0.876. The van der Waals surface area contributed by atoms with Gasteiger partial charge in [0.1, 0.15) is 10.6 Å². The molecular weight excluding hydrogens is 196 g/mol. The SMILES string of the molecule is O=Cc1c(O)cccc1S(=O)(=O)O. The van der Waals surface area contributed by atoms with Crippen LogP contribution in [0.4, 0.5) is 0 Å². The molecule has 6 heteroatoms. The Morgan fingerprint density at radius 3 is 2.31 bits per heavy atom. The highest BCUT2D eigenvalue weighted by atomic mass is 32.2. The lowest BCUT2D eigenvalue weighted by atomic mass is 10.2. The molecule has 1 aromatic carbocycles.